The summed E-state index contributed by atoms with van der Waals surface area (Å²) in [6.07, 6.45) is 12.9. The molecule has 54 heavy (non-hydrogen) atoms. The van der Waals surface area contributed by atoms with Crippen molar-refractivity contribution in [2.45, 2.75) is 98.5 Å². The zero-order chi connectivity index (χ0) is 39.0. The van der Waals surface area contributed by atoms with Gasteiger partial charge in [-0.3, -0.25) is 24.4 Å². The molecule has 4 aromatic rings. The van der Waals surface area contributed by atoms with Crippen LogP contribution in [-0.4, -0.2) is 49.7 Å². The SMILES string of the molecule is CC(=O)[C@@H]1CCC(C)=C(c2ccc(CC(=O)c3ccncc3C)cc2)C1.CC1=C(c2ccc(CC(=O)c3ccncc3C)cc2)C[C@H](C(C)(O)CO)CC1. The van der Waals surface area contributed by atoms with Crippen molar-refractivity contribution in [2.24, 2.45) is 11.8 Å². The highest BCUT2D eigenvalue weighted by Gasteiger charge is 2.34. The molecule has 0 saturated heterocycles. The third-order valence-corrected chi connectivity index (χ3v) is 11.4. The van der Waals surface area contributed by atoms with Crippen LogP contribution in [0.3, 0.4) is 0 Å². The molecule has 1 unspecified atom stereocenters. The van der Waals surface area contributed by atoms with E-state index >= 15 is 0 Å². The van der Waals surface area contributed by atoms with Crippen molar-refractivity contribution in [3.63, 3.8) is 0 Å². The summed E-state index contributed by atoms with van der Waals surface area (Å²) < 4.78 is 0. The van der Waals surface area contributed by atoms with Gasteiger partial charge in [0.1, 0.15) is 5.78 Å². The van der Waals surface area contributed by atoms with Gasteiger partial charge in [0, 0.05) is 54.7 Å². The van der Waals surface area contributed by atoms with Crippen LogP contribution in [0.5, 0.6) is 0 Å². The van der Waals surface area contributed by atoms with Crippen LogP contribution in [0.1, 0.15) is 120 Å². The minimum absolute atomic E-state index is 0.0483. The number of carbonyl (C=O) groups excluding carboxylic acids is 3. The molecule has 0 aliphatic heterocycles. The van der Waals surface area contributed by atoms with E-state index in [0.29, 0.717) is 12.8 Å². The van der Waals surface area contributed by atoms with Crippen molar-refractivity contribution in [2.75, 3.05) is 6.61 Å². The predicted octanol–water partition coefficient (Wildman–Crippen LogP) is 9.11. The van der Waals surface area contributed by atoms with E-state index in [1.807, 2.05) is 38.1 Å². The number of carbonyl (C=O) groups is 3. The summed E-state index contributed by atoms with van der Waals surface area (Å²) in [5.74, 6) is 0.684. The summed E-state index contributed by atoms with van der Waals surface area (Å²) in [7, 11) is 0. The quantitative estimate of drug-likeness (QED) is 0.148. The summed E-state index contributed by atoms with van der Waals surface area (Å²) in [5, 5.41) is 20.0. The Morgan fingerprint density at radius 3 is 1.56 bits per heavy atom. The molecular weight excluding hydrogens is 673 g/mol. The second-order valence-corrected chi connectivity index (χ2v) is 15.5. The summed E-state index contributed by atoms with van der Waals surface area (Å²) in [4.78, 5) is 44.9. The number of aliphatic hydroxyl groups excluding tert-OH is 1. The number of aromatic nitrogens is 2. The van der Waals surface area contributed by atoms with Crippen LogP contribution in [0.25, 0.3) is 11.1 Å². The average Bonchev–Trinajstić information content (AvgIpc) is 3.16. The first-order valence-corrected chi connectivity index (χ1v) is 19.0. The number of hydrogen-bond donors (Lipinski definition) is 2. The minimum Gasteiger partial charge on any atom is -0.393 e. The van der Waals surface area contributed by atoms with Gasteiger partial charge in [-0.05, 0) is 143 Å². The zero-order valence-corrected chi connectivity index (χ0v) is 32.6. The van der Waals surface area contributed by atoms with Gasteiger partial charge in [0.05, 0.1) is 12.2 Å². The third kappa shape index (κ3) is 10.0. The van der Waals surface area contributed by atoms with Crippen molar-refractivity contribution in [3.8, 4) is 0 Å². The Kier molecular flexibility index (Phi) is 13.4. The second-order valence-electron chi connectivity index (χ2n) is 15.5. The molecule has 7 nitrogen and oxygen atoms in total. The Balaban J connectivity index is 0.000000208. The number of nitrogens with zero attached hydrogens (tertiary/aromatic N) is 2. The van der Waals surface area contributed by atoms with Gasteiger partial charge >= 0.3 is 0 Å². The van der Waals surface area contributed by atoms with Crippen LogP contribution in [0.4, 0.5) is 0 Å². The number of pyridine rings is 2. The first-order valence-electron chi connectivity index (χ1n) is 19.0. The fourth-order valence-corrected chi connectivity index (χ4v) is 7.65. The first kappa shape index (κ1) is 40.3. The van der Waals surface area contributed by atoms with Gasteiger partial charge in [-0.1, -0.05) is 59.7 Å². The summed E-state index contributed by atoms with van der Waals surface area (Å²) in [6.45, 7) is 11.3. The number of ketones is 3. The molecular formula is C47H54N2O5. The second kappa shape index (κ2) is 18.0. The topological polar surface area (TPSA) is 117 Å². The van der Waals surface area contributed by atoms with Crippen molar-refractivity contribution in [3.05, 3.63) is 141 Å². The zero-order valence-electron chi connectivity index (χ0n) is 32.6. The number of rotatable bonds is 11. The average molecular weight is 727 g/mol. The van der Waals surface area contributed by atoms with E-state index in [0.717, 1.165) is 77.5 Å². The molecule has 282 valence electrons. The molecule has 2 aromatic heterocycles. The van der Waals surface area contributed by atoms with Crippen LogP contribution in [0.15, 0.2) is 96.6 Å². The first-order chi connectivity index (χ1) is 25.8. The fraction of sp³-hybridized carbons (Fsp3) is 0.383. The molecule has 0 amide bonds. The molecule has 0 spiro atoms. The van der Waals surface area contributed by atoms with E-state index in [9.17, 15) is 24.6 Å². The Labute approximate surface area is 320 Å². The molecule has 0 bridgehead atoms. The molecule has 0 saturated carbocycles. The molecule has 2 N–H and O–H groups in total. The largest absolute Gasteiger partial charge is 0.393 e. The standard InChI is InChI=1S/C24H29NO3.C23H25NO2/c1-16-4-9-20(24(3,28)15-26)13-22(16)19-7-5-18(6-8-19)12-23(27)21-10-11-25-14-17(21)2;1-15-4-7-20(17(3)25)13-22(15)19-8-5-18(6-9-19)12-23(26)21-10-11-24-14-16(21)2/h5-8,10-11,14,20,26,28H,4,9,12-13,15H2,1-3H3;5-6,8-11,14,20H,4,7,12-13H2,1-3H3/t20-,24?;20-/m11/s1. The van der Waals surface area contributed by atoms with Gasteiger partial charge in [0.15, 0.2) is 11.6 Å². The maximum absolute atomic E-state index is 12.6. The smallest absolute Gasteiger partial charge is 0.167 e. The molecule has 2 heterocycles. The lowest BCUT2D eigenvalue weighted by atomic mass is 9.74. The van der Waals surface area contributed by atoms with E-state index in [2.05, 4.69) is 48.1 Å². The van der Waals surface area contributed by atoms with Crippen molar-refractivity contribution < 1.29 is 24.6 Å². The molecule has 7 heteroatoms. The van der Waals surface area contributed by atoms with Crippen LogP contribution in [-0.2, 0) is 17.6 Å². The van der Waals surface area contributed by atoms with Gasteiger partial charge in [-0.25, -0.2) is 0 Å². The molecule has 0 radical (unpaired) electrons. The summed E-state index contributed by atoms with van der Waals surface area (Å²) >= 11 is 0. The number of hydrogen-bond acceptors (Lipinski definition) is 7. The number of allylic oxidation sites excluding steroid dienone is 4. The number of aliphatic hydroxyl groups is 2. The van der Waals surface area contributed by atoms with Gasteiger partial charge in [-0.15, -0.1) is 0 Å². The maximum atomic E-state index is 12.6. The Hall–Kier alpha value is -4.85. The lowest BCUT2D eigenvalue weighted by molar-refractivity contribution is -0.120. The Morgan fingerprint density at radius 2 is 1.13 bits per heavy atom. The van der Waals surface area contributed by atoms with E-state index in [-0.39, 0.29) is 35.8 Å². The Morgan fingerprint density at radius 1 is 0.685 bits per heavy atom. The lowest BCUT2D eigenvalue weighted by Crippen LogP contribution is -2.39. The van der Waals surface area contributed by atoms with Gasteiger partial charge < -0.3 is 10.2 Å². The highest BCUT2D eigenvalue weighted by atomic mass is 16.3. The third-order valence-electron chi connectivity index (χ3n) is 11.4. The molecule has 2 aliphatic carbocycles. The minimum atomic E-state index is -1.05. The predicted molar refractivity (Wildman–Crippen MR) is 215 cm³/mol. The lowest BCUT2D eigenvalue weighted by Gasteiger charge is -2.36. The van der Waals surface area contributed by atoms with Crippen LogP contribution < -0.4 is 0 Å². The van der Waals surface area contributed by atoms with E-state index < -0.39 is 5.60 Å². The van der Waals surface area contributed by atoms with Crippen LogP contribution in [0.2, 0.25) is 0 Å². The van der Waals surface area contributed by atoms with Crippen molar-refractivity contribution in [1.29, 1.82) is 0 Å². The monoisotopic (exact) mass is 726 g/mol. The van der Waals surface area contributed by atoms with Crippen molar-refractivity contribution >= 4 is 28.5 Å². The molecule has 0 fully saturated rings. The van der Waals surface area contributed by atoms with Crippen LogP contribution >= 0.6 is 0 Å². The van der Waals surface area contributed by atoms with E-state index in [1.165, 1.54) is 27.9 Å². The van der Waals surface area contributed by atoms with E-state index in [4.69, 9.17) is 0 Å². The highest BCUT2D eigenvalue weighted by Crippen LogP contribution is 2.40. The summed E-state index contributed by atoms with van der Waals surface area (Å²) in [6, 6.07) is 19.9. The molecule has 3 atom stereocenters. The van der Waals surface area contributed by atoms with E-state index in [1.54, 1.807) is 50.8 Å². The fourth-order valence-electron chi connectivity index (χ4n) is 7.65. The Bertz CT molecular complexity index is 2040. The van der Waals surface area contributed by atoms with Crippen molar-refractivity contribution in [1.82, 2.24) is 9.97 Å². The molecule has 6 rings (SSSR count). The number of benzene rings is 2. The molecule has 2 aromatic carbocycles. The van der Waals surface area contributed by atoms with Gasteiger partial charge in [-0.2, -0.15) is 0 Å². The maximum Gasteiger partial charge on any atom is 0.167 e. The highest BCUT2D eigenvalue weighted by molar-refractivity contribution is 5.99. The van der Waals surface area contributed by atoms with Gasteiger partial charge in [0.2, 0.25) is 0 Å². The van der Waals surface area contributed by atoms with Crippen LogP contribution in [0, 0.1) is 25.7 Å². The normalized spacial score (nSPS) is 18.4. The number of aryl methyl sites for hydroxylation is 2. The summed E-state index contributed by atoms with van der Waals surface area (Å²) in [5.41, 5.74) is 11.7. The van der Waals surface area contributed by atoms with Gasteiger partial charge in [0.25, 0.3) is 0 Å². The number of Topliss-reactive ketones (excluding diaryl/α,β-unsaturated/α-hetero) is 3. The molecule has 2 aliphatic rings.